The largest absolute Gasteiger partial charge is 0.277 e. The van der Waals surface area contributed by atoms with Crippen LogP contribution in [0, 0.1) is 0 Å². The Kier molecular flexibility index (Phi) is 2.46. The van der Waals surface area contributed by atoms with Crippen LogP contribution in [0.25, 0.3) is 22.5 Å². The molecule has 1 N–H and O–H groups in total. The first-order valence-corrected chi connectivity index (χ1v) is 6.91. The van der Waals surface area contributed by atoms with Crippen molar-refractivity contribution in [2.45, 2.75) is 19.3 Å². The molecule has 0 saturated carbocycles. The number of aromatic amines is 1. The molecule has 0 bridgehead atoms. The van der Waals surface area contributed by atoms with E-state index in [4.69, 9.17) is 0 Å². The van der Waals surface area contributed by atoms with Gasteiger partial charge in [-0.2, -0.15) is 5.10 Å². The molecule has 0 aliphatic heterocycles. The fourth-order valence-electron chi connectivity index (χ4n) is 3.10. The van der Waals surface area contributed by atoms with Crippen LogP contribution in [0.2, 0.25) is 0 Å². The topological polar surface area (TPSA) is 41.6 Å². The third kappa shape index (κ3) is 1.59. The van der Waals surface area contributed by atoms with Crippen molar-refractivity contribution in [2.75, 3.05) is 0 Å². The Morgan fingerprint density at radius 1 is 1.10 bits per heavy atom. The highest BCUT2D eigenvalue weighted by atomic mass is 15.1. The molecule has 2 aromatic heterocycles. The first-order valence-electron chi connectivity index (χ1n) is 6.91. The highest BCUT2D eigenvalue weighted by Crippen LogP contribution is 2.41. The van der Waals surface area contributed by atoms with Crippen LogP contribution >= 0.6 is 0 Å². The van der Waals surface area contributed by atoms with Gasteiger partial charge >= 0.3 is 0 Å². The van der Waals surface area contributed by atoms with Gasteiger partial charge in [-0.1, -0.05) is 31.2 Å². The van der Waals surface area contributed by atoms with Crippen molar-refractivity contribution in [3.05, 3.63) is 59.9 Å². The summed E-state index contributed by atoms with van der Waals surface area (Å²) >= 11 is 0. The van der Waals surface area contributed by atoms with E-state index in [0.717, 1.165) is 23.4 Å². The minimum Gasteiger partial charge on any atom is -0.277 e. The molecular weight excluding hydrogens is 246 g/mol. The fraction of sp³-hybridized carbons (Fsp3) is 0.176. The maximum absolute atomic E-state index is 4.56. The molecule has 1 aromatic carbocycles. The van der Waals surface area contributed by atoms with Gasteiger partial charge in [0.2, 0.25) is 0 Å². The zero-order valence-electron chi connectivity index (χ0n) is 11.3. The number of nitrogens with zero attached hydrogens (tertiary/aromatic N) is 2. The number of fused-ring (bicyclic) bond motifs is 3. The maximum atomic E-state index is 4.56. The normalized spacial score (nSPS) is 16.6. The minimum atomic E-state index is 0.525. The van der Waals surface area contributed by atoms with Crippen molar-refractivity contribution in [3.8, 4) is 22.5 Å². The summed E-state index contributed by atoms with van der Waals surface area (Å²) in [6, 6.07) is 12.6. The van der Waals surface area contributed by atoms with Crippen LogP contribution in [0.1, 0.15) is 24.0 Å². The van der Waals surface area contributed by atoms with Gasteiger partial charge in [-0.15, -0.1) is 0 Å². The van der Waals surface area contributed by atoms with Crippen LogP contribution in [0.3, 0.4) is 0 Å². The molecule has 0 fully saturated rings. The number of benzene rings is 1. The number of hydrogen-bond acceptors (Lipinski definition) is 2. The Bertz CT molecular complexity index is 745. The summed E-state index contributed by atoms with van der Waals surface area (Å²) in [6.45, 7) is 2.28. The second-order valence-corrected chi connectivity index (χ2v) is 5.35. The third-order valence-electron chi connectivity index (χ3n) is 4.09. The molecule has 3 heteroatoms. The summed E-state index contributed by atoms with van der Waals surface area (Å²) < 4.78 is 0. The van der Waals surface area contributed by atoms with Gasteiger partial charge in [0.05, 0.1) is 11.4 Å². The Morgan fingerprint density at radius 3 is 2.75 bits per heavy atom. The molecule has 1 aliphatic rings. The van der Waals surface area contributed by atoms with Crippen LogP contribution < -0.4 is 0 Å². The lowest BCUT2D eigenvalue weighted by atomic mass is 9.81. The molecule has 0 spiro atoms. The second kappa shape index (κ2) is 4.30. The van der Waals surface area contributed by atoms with Crippen molar-refractivity contribution >= 4 is 0 Å². The Labute approximate surface area is 117 Å². The number of pyridine rings is 1. The number of H-pyrrole nitrogens is 1. The van der Waals surface area contributed by atoms with Crippen LogP contribution in [-0.2, 0) is 6.42 Å². The van der Waals surface area contributed by atoms with E-state index in [-0.39, 0.29) is 0 Å². The quantitative estimate of drug-likeness (QED) is 0.724. The van der Waals surface area contributed by atoms with Gasteiger partial charge in [0.15, 0.2) is 0 Å². The maximum Gasteiger partial charge on any atom is 0.0962 e. The molecule has 4 rings (SSSR count). The van der Waals surface area contributed by atoms with E-state index in [0.29, 0.717) is 5.92 Å². The molecule has 20 heavy (non-hydrogen) atoms. The Hall–Kier alpha value is -2.42. The van der Waals surface area contributed by atoms with Crippen LogP contribution in [0.5, 0.6) is 0 Å². The monoisotopic (exact) mass is 261 g/mol. The van der Waals surface area contributed by atoms with Gasteiger partial charge in [-0.25, -0.2) is 0 Å². The number of nitrogens with one attached hydrogen (secondary N) is 1. The van der Waals surface area contributed by atoms with Gasteiger partial charge in [0.1, 0.15) is 0 Å². The van der Waals surface area contributed by atoms with Crippen LogP contribution in [0.4, 0.5) is 0 Å². The van der Waals surface area contributed by atoms with Crippen molar-refractivity contribution in [1.82, 2.24) is 15.2 Å². The summed E-state index contributed by atoms with van der Waals surface area (Å²) in [7, 11) is 0. The molecule has 0 radical (unpaired) electrons. The van der Waals surface area contributed by atoms with E-state index >= 15 is 0 Å². The highest BCUT2D eigenvalue weighted by Gasteiger charge is 2.26. The van der Waals surface area contributed by atoms with Gasteiger partial charge in [0, 0.05) is 29.1 Å². The smallest absolute Gasteiger partial charge is 0.0962 e. The van der Waals surface area contributed by atoms with Gasteiger partial charge in [-0.3, -0.25) is 10.1 Å². The van der Waals surface area contributed by atoms with E-state index < -0.39 is 0 Å². The van der Waals surface area contributed by atoms with E-state index in [1.54, 1.807) is 0 Å². The van der Waals surface area contributed by atoms with E-state index in [2.05, 4.69) is 46.4 Å². The lowest BCUT2D eigenvalue weighted by Crippen LogP contribution is -2.08. The van der Waals surface area contributed by atoms with Gasteiger partial charge < -0.3 is 0 Å². The van der Waals surface area contributed by atoms with Crippen molar-refractivity contribution in [1.29, 1.82) is 0 Å². The van der Waals surface area contributed by atoms with Gasteiger partial charge in [-0.05, 0) is 30.0 Å². The van der Waals surface area contributed by atoms with Crippen molar-refractivity contribution < 1.29 is 0 Å². The predicted molar refractivity (Wildman–Crippen MR) is 79.4 cm³/mol. The zero-order valence-corrected chi connectivity index (χ0v) is 11.3. The summed E-state index contributed by atoms with van der Waals surface area (Å²) in [4.78, 5) is 4.08. The number of aromatic nitrogens is 3. The highest BCUT2D eigenvalue weighted by molar-refractivity contribution is 5.78. The molecule has 0 saturated heterocycles. The van der Waals surface area contributed by atoms with Crippen molar-refractivity contribution in [2.24, 2.45) is 0 Å². The molecule has 0 amide bonds. The molecule has 2 heterocycles. The van der Waals surface area contributed by atoms with E-state index in [1.807, 2.05) is 24.5 Å². The molecule has 1 unspecified atom stereocenters. The average molecular weight is 261 g/mol. The zero-order chi connectivity index (χ0) is 13.5. The fourth-order valence-corrected chi connectivity index (χ4v) is 3.10. The predicted octanol–water partition coefficient (Wildman–Crippen LogP) is 3.80. The summed E-state index contributed by atoms with van der Waals surface area (Å²) in [5, 5.41) is 7.78. The van der Waals surface area contributed by atoms with E-state index in [9.17, 15) is 0 Å². The van der Waals surface area contributed by atoms with Gasteiger partial charge in [0.25, 0.3) is 0 Å². The SMILES string of the molecule is CC1Cc2c(n[nH]c2-c2ccncc2)-c2ccccc21. The molecule has 3 nitrogen and oxygen atoms in total. The molecule has 3 aromatic rings. The second-order valence-electron chi connectivity index (χ2n) is 5.35. The van der Waals surface area contributed by atoms with Crippen LogP contribution in [-0.4, -0.2) is 15.2 Å². The first kappa shape index (κ1) is 11.4. The summed E-state index contributed by atoms with van der Waals surface area (Å²) in [5.74, 6) is 0.525. The average Bonchev–Trinajstić information content (AvgIpc) is 2.92. The Balaban J connectivity index is 1.93. The number of hydrogen-bond donors (Lipinski definition) is 1. The lowest BCUT2D eigenvalue weighted by Gasteiger charge is -2.22. The molecule has 1 atom stereocenters. The molecular formula is C17H15N3. The molecule has 1 aliphatic carbocycles. The first-order chi connectivity index (χ1) is 9.84. The summed E-state index contributed by atoms with van der Waals surface area (Å²) in [5.41, 5.74) is 7.36. The third-order valence-corrected chi connectivity index (χ3v) is 4.09. The molecule has 98 valence electrons. The standard InChI is InChI=1S/C17H15N3/c1-11-10-15-16(12-6-8-18-9-7-12)19-20-17(15)14-5-3-2-4-13(11)14/h2-9,11H,10H2,1H3,(H,19,20). The van der Waals surface area contributed by atoms with Crippen LogP contribution in [0.15, 0.2) is 48.8 Å². The summed E-state index contributed by atoms with van der Waals surface area (Å²) in [6.07, 6.45) is 4.67. The van der Waals surface area contributed by atoms with E-state index in [1.165, 1.54) is 16.7 Å². The Morgan fingerprint density at radius 2 is 1.90 bits per heavy atom. The van der Waals surface area contributed by atoms with Crippen molar-refractivity contribution in [3.63, 3.8) is 0 Å². The minimum absolute atomic E-state index is 0.525. The number of rotatable bonds is 1. The lowest BCUT2D eigenvalue weighted by molar-refractivity contribution is 0.750.